The van der Waals surface area contributed by atoms with Crippen LogP contribution in [0, 0.1) is 5.82 Å². The van der Waals surface area contributed by atoms with Crippen molar-refractivity contribution in [3.63, 3.8) is 0 Å². The van der Waals surface area contributed by atoms with Gasteiger partial charge in [0.05, 0.1) is 0 Å². The summed E-state index contributed by atoms with van der Waals surface area (Å²) in [6.45, 7) is 1.79. The van der Waals surface area contributed by atoms with Crippen LogP contribution in [0.1, 0.15) is 33.3 Å². The predicted molar refractivity (Wildman–Crippen MR) is 102 cm³/mol. The fraction of sp³-hybridized carbons (Fsp3) is 0.0952. The van der Waals surface area contributed by atoms with Gasteiger partial charge in [-0.15, -0.1) is 0 Å². The zero-order valence-corrected chi connectivity index (χ0v) is 14.7. The lowest BCUT2D eigenvalue weighted by molar-refractivity contribution is 0.0945. The largest absolute Gasteiger partial charge is 0.355 e. The predicted octanol–water partition coefficient (Wildman–Crippen LogP) is 4.10. The van der Waals surface area contributed by atoms with E-state index in [0.717, 1.165) is 11.3 Å². The van der Waals surface area contributed by atoms with Crippen molar-refractivity contribution in [3.05, 3.63) is 89.5 Å². The summed E-state index contributed by atoms with van der Waals surface area (Å²) in [5.41, 5.74) is 3.07. The van der Waals surface area contributed by atoms with Crippen LogP contribution in [0.3, 0.4) is 0 Å². The molecule has 0 unspecified atom stereocenters. The first-order chi connectivity index (χ1) is 13.0. The van der Waals surface area contributed by atoms with Gasteiger partial charge < -0.3 is 10.6 Å². The lowest BCUT2D eigenvalue weighted by Gasteiger charge is -2.09. The number of hydrogen-bond acceptors (Lipinski definition) is 4. The highest BCUT2D eigenvalue weighted by Gasteiger charge is 2.08. The van der Waals surface area contributed by atoms with Crippen LogP contribution in [0.4, 0.5) is 15.8 Å². The van der Waals surface area contributed by atoms with Crippen molar-refractivity contribution in [1.82, 2.24) is 10.3 Å². The molecular weight excluding hydrogens is 345 g/mol. The number of carbonyl (C=O) groups excluding carboxylic acids is 2. The van der Waals surface area contributed by atoms with Crippen molar-refractivity contribution >= 4 is 23.1 Å². The summed E-state index contributed by atoms with van der Waals surface area (Å²) < 4.78 is 12.9. The van der Waals surface area contributed by atoms with Crippen molar-refractivity contribution in [2.75, 3.05) is 5.32 Å². The van der Waals surface area contributed by atoms with Crippen LogP contribution in [0.2, 0.25) is 0 Å². The highest BCUT2D eigenvalue weighted by Crippen LogP contribution is 2.18. The van der Waals surface area contributed by atoms with E-state index < -0.39 is 0 Å². The van der Waals surface area contributed by atoms with E-state index in [1.807, 2.05) is 6.07 Å². The first-order valence-electron chi connectivity index (χ1n) is 8.38. The van der Waals surface area contributed by atoms with Crippen LogP contribution in [-0.2, 0) is 6.54 Å². The SMILES string of the molecule is CC(=O)c1cccc(Nc2ccnc(C(=O)NCc3ccc(F)cc3)c2)c1. The van der Waals surface area contributed by atoms with Crippen LogP contribution in [0.25, 0.3) is 0 Å². The van der Waals surface area contributed by atoms with Gasteiger partial charge in [-0.05, 0) is 48.9 Å². The topological polar surface area (TPSA) is 71.1 Å². The van der Waals surface area contributed by atoms with E-state index in [4.69, 9.17) is 0 Å². The molecule has 136 valence electrons. The fourth-order valence-corrected chi connectivity index (χ4v) is 2.49. The van der Waals surface area contributed by atoms with Gasteiger partial charge in [-0.2, -0.15) is 0 Å². The Morgan fingerprint density at radius 1 is 1.00 bits per heavy atom. The Bertz CT molecular complexity index is 971. The standard InChI is InChI=1S/C21H18FN3O2/c1-14(26)16-3-2-4-18(11-16)25-19-9-10-23-20(12-19)21(27)24-13-15-5-7-17(22)8-6-15/h2-12H,13H2,1H3,(H,23,25)(H,24,27). The molecule has 0 aliphatic heterocycles. The molecule has 0 aliphatic rings. The van der Waals surface area contributed by atoms with E-state index in [-0.39, 0.29) is 29.7 Å². The Kier molecular flexibility index (Phi) is 5.56. The molecule has 0 saturated carbocycles. The molecule has 6 heteroatoms. The number of benzene rings is 2. The second kappa shape index (κ2) is 8.23. The van der Waals surface area contributed by atoms with Gasteiger partial charge in [0.2, 0.25) is 0 Å². The Balaban J connectivity index is 1.67. The molecule has 0 aliphatic carbocycles. The summed E-state index contributed by atoms with van der Waals surface area (Å²) in [6, 6.07) is 16.4. The number of ketones is 1. The molecule has 3 aromatic rings. The zero-order chi connectivity index (χ0) is 19.2. The summed E-state index contributed by atoms with van der Waals surface area (Å²) in [6.07, 6.45) is 1.53. The Morgan fingerprint density at radius 3 is 2.48 bits per heavy atom. The van der Waals surface area contributed by atoms with Crippen LogP contribution in [0.15, 0.2) is 66.9 Å². The first-order valence-corrected chi connectivity index (χ1v) is 8.38. The monoisotopic (exact) mass is 363 g/mol. The van der Waals surface area contributed by atoms with Gasteiger partial charge in [-0.1, -0.05) is 24.3 Å². The van der Waals surface area contributed by atoms with Crippen molar-refractivity contribution in [3.8, 4) is 0 Å². The van der Waals surface area contributed by atoms with E-state index in [9.17, 15) is 14.0 Å². The Labute approximate surface area is 156 Å². The summed E-state index contributed by atoms with van der Waals surface area (Å²) in [5.74, 6) is -0.672. The molecule has 0 bridgehead atoms. The Morgan fingerprint density at radius 2 is 1.74 bits per heavy atom. The number of rotatable bonds is 6. The van der Waals surface area contributed by atoms with Crippen LogP contribution in [-0.4, -0.2) is 16.7 Å². The number of hydrogen-bond donors (Lipinski definition) is 2. The normalized spacial score (nSPS) is 10.3. The van der Waals surface area contributed by atoms with Crippen molar-refractivity contribution < 1.29 is 14.0 Å². The maximum Gasteiger partial charge on any atom is 0.270 e. The third-order valence-electron chi connectivity index (χ3n) is 3.92. The molecule has 3 rings (SSSR count). The van der Waals surface area contributed by atoms with Crippen molar-refractivity contribution in [1.29, 1.82) is 0 Å². The number of amides is 1. The van der Waals surface area contributed by atoms with Crippen LogP contribution >= 0.6 is 0 Å². The van der Waals surface area contributed by atoms with Gasteiger partial charge in [0.25, 0.3) is 5.91 Å². The molecule has 1 amide bonds. The summed E-state index contributed by atoms with van der Waals surface area (Å²) >= 11 is 0. The van der Waals surface area contributed by atoms with Gasteiger partial charge in [-0.25, -0.2) is 4.39 Å². The molecule has 0 atom stereocenters. The number of nitrogens with zero attached hydrogens (tertiary/aromatic N) is 1. The minimum absolute atomic E-state index is 0.0192. The second-order valence-corrected chi connectivity index (χ2v) is 6.00. The van der Waals surface area contributed by atoms with E-state index in [1.165, 1.54) is 25.3 Å². The van der Waals surface area contributed by atoms with E-state index >= 15 is 0 Å². The van der Waals surface area contributed by atoms with Gasteiger partial charge >= 0.3 is 0 Å². The number of halogens is 1. The van der Waals surface area contributed by atoms with Gasteiger partial charge in [0.1, 0.15) is 11.5 Å². The maximum atomic E-state index is 12.9. The average Bonchev–Trinajstić information content (AvgIpc) is 2.67. The fourth-order valence-electron chi connectivity index (χ4n) is 2.49. The zero-order valence-electron chi connectivity index (χ0n) is 14.7. The summed E-state index contributed by atoms with van der Waals surface area (Å²) in [4.78, 5) is 27.9. The third-order valence-corrected chi connectivity index (χ3v) is 3.92. The van der Waals surface area contributed by atoms with Crippen LogP contribution < -0.4 is 10.6 Å². The molecule has 0 radical (unpaired) electrons. The highest BCUT2D eigenvalue weighted by molar-refractivity contribution is 5.95. The third kappa shape index (κ3) is 4.98. The number of carbonyl (C=O) groups is 2. The molecule has 0 fully saturated rings. The molecule has 1 heterocycles. The van der Waals surface area contributed by atoms with Gasteiger partial charge in [0.15, 0.2) is 5.78 Å². The molecule has 2 N–H and O–H groups in total. The first kappa shape index (κ1) is 18.3. The van der Waals surface area contributed by atoms with E-state index in [0.29, 0.717) is 11.3 Å². The molecular formula is C21H18FN3O2. The minimum Gasteiger partial charge on any atom is -0.355 e. The lowest BCUT2D eigenvalue weighted by atomic mass is 10.1. The molecule has 0 spiro atoms. The molecule has 5 nitrogen and oxygen atoms in total. The number of aromatic nitrogens is 1. The number of Topliss-reactive ketones (excluding diaryl/α,β-unsaturated/α-hetero) is 1. The summed E-state index contributed by atoms with van der Waals surface area (Å²) in [7, 11) is 0. The molecule has 1 aromatic heterocycles. The lowest BCUT2D eigenvalue weighted by Crippen LogP contribution is -2.23. The number of anilines is 2. The van der Waals surface area contributed by atoms with Gasteiger partial charge in [-0.3, -0.25) is 14.6 Å². The second-order valence-electron chi connectivity index (χ2n) is 6.00. The molecule has 0 saturated heterocycles. The highest BCUT2D eigenvalue weighted by atomic mass is 19.1. The summed E-state index contributed by atoms with van der Waals surface area (Å²) in [5, 5.41) is 5.91. The van der Waals surface area contributed by atoms with E-state index in [1.54, 1.807) is 42.5 Å². The van der Waals surface area contributed by atoms with Crippen molar-refractivity contribution in [2.24, 2.45) is 0 Å². The maximum absolute atomic E-state index is 12.9. The molecule has 2 aromatic carbocycles. The smallest absolute Gasteiger partial charge is 0.270 e. The average molecular weight is 363 g/mol. The van der Waals surface area contributed by atoms with Gasteiger partial charge in [0, 0.05) is 29.7 Å². The minimum atomic E-state index is -0.333. The quantitative estimate of drug-likeness (QED) is 0.647. The Hall–Kier alpha value is -3.54. The van der Waals surface area contributed by atoms with Crippen molar-refractivity contribution in [2.45, 2.75) is 13.5 Å². The molecule has 27 heavy (non-hydrogen) atoms. The number of nitrogens with one attached hydrogen (secondary N) is 2. The van der Waals surface area contributed by atoms with Crippen LogP contribution in [0.5, 0.6) is 0 Å². The van der Waals surface area contributed by atoms with E-state index in [2.05, 4.69) is 15.6 Å². The number of pyridine rings is 1.